The van der Waals surface area contributed by atoms with Crippen molar-refractivity contribution in [3.05, 3.63) is 0 Å². The third-order valence-electron chi connectivity index (χ3n) is 3.87. The molecule has 1 saturated carbocycles. The van der Waals surface area contributed by atoms with E-state index in [0.717, 1.165) is 25.8 Å². The van der Waals surface area contributed by atoms with Crippen LogP contribution in [0.3, 0.4) is 0 Å². The molecule has 0 bridgehead atoms. The molecular formula is C11H19NO3. The van der Waals surface area contributed by atoms with Gasteiger partial charge in [0.25, 0.3) is 0 Å². The highest BCUT2D eigenvalue weighted by Crippen LogP contribution is 2.37. The van der Waals surface area contributed by atoms with Gasteiger partial charge in [0, 0.05) is 19.6 Å². The average Bonchev–Trinajstić information content (AvgIpc) is 2.60. The molecular weight excluding hydrogens is 194 g/mol. The van der Waals surface area contributed by atoms with E-state index < -0.39 is 5.97 Å². The second-order valence-corrected chi connectivity index (χ2v) is 4.71. The van der Waals surface area contributed by atoms with Crippen LogP contribution in [0, 0.1) is 11.8 Å². The zero-order chi connectivity index (χ0) is 10.8. The van der Waals surface area contributed by atoms with E-state index in [9.17, 15) is 4.79 Å². The number of carbonyl (C=O) groups is 1. The summed E-state index contributed by atoms with van der Waals surface area (Å²) < 4.78 is 5.38. The van der Waals surface area contributed by atoms with E-state index in [-0.39, 0.29) is 0 Å². The van der Waals surface area contributed by atoms with E-state index in [4.69, 9.17) is 9.84 Å². The van der Waals surface area contributed by atoms with Crippen molar-refractivity contribution in [3.8, 4) is 0 Å². The van der Waals surface area contributed by atoms with Crippen LogP contribution in [0.5, 0.6) is 0 Å². The zero-order valence-electron chi connectivity index (χ0n) is 9.11. The minimum atomic E-state index is -0.679. The summed E-state index contributed by atoms with van der Waals surface area (Å²) in [5.74, 6) is 0.118. The largest absolute Gasteiger partial charge is 0.481 e. The number of rotatable bonds is 3. The normalized spacial score (nSPS) is 40.1. The molecule has 1 heterocycles. The van der Waals surface area contributed by atoms with Gasteiger partial charge in [-0.2, -0.15) is 0 Å². The molecule has 0 aromatic rings. The number of fused-ring (bicyclic) bond motifs is 1. The molecule has 4 nitrogen and oxygen atoms in total. The first-order chi connectivity index (χ1) is 7.20. The molecule has 4 unspecified atom stereocenters. The maximum absolute atomic E-state index is 10.7. The fourth-order valence-electron chi connectivity index (χ4n) is 3.06. The number of ether oxygens (including phenoxy) is 1. The Kier molecular flexibility index (Phi) is 3.26. The Morgan fingerprint density at radius 1 is 1.53 bits per heavy atom. The molecule has 1 aliphatic heterocycles. The van der Waals surface area contributed by atoms with Gasteiger partial charge in [0.1, 0.15) is 0 Å². The minimum Gasteiger partial charge on any atom is -0.481 e. The van der Waals surface area contributed by atoms with E-state index in [1.807, 2.05) is 0 Å². The molecule has 0 amide bonds. The third-order valence-corrected chi connectivity index (χ3v) is 3.87. The van der Waals surface area contributed by atoms with Crippen LogP contribution in [-0.4, -0.2) is 36.9 Å². The van der Waals surface area contributed by atoms with Crippen LogP contribution in [0.1, 0.15) is 25.7 Å². The van der Waals surface area contributed by atoms with Gasteiger partial charge >= 0.3 is 5.97 Å². The number of carboxylic acid groups (broad SMARTS) is 1. The highest BCUT2D eigenvalue weighted by Gasteiger charge is 2.40. The third kappa shape index (κ3) is 2.32. The average molecular weight is 213 g/mol. The Labute approximate surface area is 90.0 Å². The Hall–Kier alpha value is -0.610. The van der Waals surface area contributed by atoms with Crippen LogP contribution in [0.4, 0.5) is 0 Å². The zero-order valence-corrected chi connectivity index (χ0v) is 9.11. The van der Waals surface area contributed by atoms with Crippen molar-refractivity contribution in [2.24, 2.45) is 11.8 Å². The molecule has 2 aliphatic rings. The fourth-order valence-corrected chi connectivity index (χ4v) is 3.06. The second kappa shape index (κ2) is 4.49. The van der Waals surface area contributed by atoms with E-state index in [2.05, 4.69) is 5.32 Å². The monoisotopic (exact) mass is 213 g/mol. The van der Waals surface area contributed by atoms with Gasteiger partial charge in [0.2, 0.25) is 0 Å². The van der Waals surface area contributed by atoms with Crippen molar-refractivity contribution in [2.75, 3.05) is 13.7 Å². The van der Waals surface area contributed by atoms with Crippen LogP contribution in [0.2, 0.25) is 0 Å². The lowest BCUT2D eigenvalue weighted by Crippen LogP contribution is -2.36. The first kappa shape index (κ1) is 10.9. The van der Waals surface area contributed by atoms with Crippen molar-refractivity contribution in [1.29, 1.82) is 0 Å². The number of hydrogen-bond donors (Lipinski definition) is 2. The molecule has 2 N–H and O–H groups in total. The van der Waals surface area contributed by atoms with Crippen LogP contribution >= 0.6 is 0 Å². The summed E-state index contributed by atoms with van der Waals surface area (Å²) in [6.45, 7) is 0.859. The first-order valence-corrected chi connectivity index (χ1v) is 5.68. The predicted octanol–water partition coefficient (Wildman–Crippen LogP) is 0.864. The van der Waals surface area contributed by atoms with E-state index in [0.29, 0.717) is 30.4 Å². The Balaban J connectivity index is 1.96. The molecule has 4 atom stereocenters. The molecule has 2 rings (SSSR count). The smallest absolute Gasteiger partial charge is 0.303 e. The van der Waals surface area contributed by atoms with Gasteiger partial charge in [-0.3, -0.25) is 4.79 Å². The molecule has 4 heteroatoms. The van der Waals surface area contributed by atoms with Gasteiger partial charge in [-0.1, -0.05) is 0 Å². The first-order valence-electron chi connectivity index (χ1n) is 5.68. The number of aliphatic carboxylic acids is 1. The maximum Gasteiger partial charge on any atom is 0.303 e. The molecule has 0 spiro atoms. The number of methoxy groups -OCH3 is 1. The van der Waals surface area contributed by atoms with E-state index >= 15 is 0 Å². The number of nitrogens with one attached hydrogen (secondary N) is 1. The summed E-state index contributed by atoms with van der Waals surface area (Å²) in [6, 6.07) is 0.528. The predicted molar refractivity (Wildman–Crippen MR) is 55.7 cm³/mol. The Morgan fingerprint density at radius 2 is 2.33 bits per heavy atom. The minimum absolute atomic E-state index is 0.296. The molecule has 0 aromatic carbocycles. The van der Waals surface area contributed by atoms with Crippen molar-refractivity contribution >= 4 is 5.97 Å². The Bertz CT molecular complexity index is 244. The van der Waals surface area contributed by atoms with Crippen molar-refractivity contribution < 1.29 is 14.6 Å². The highest BCUT2D eigenvalue weighted by molar-refractivity contribution is 5.67. The van der Waals surface area contributed by atoms with Gasteiger partial charge in [-0.25, -0.2) is 0 Å². The topological polar surface area (TPSA) is 58.6 Å². The lowest BCUT2D eigenvalue weighted by Gasteiger charge is -2.32. The molecule has 1 saturated heterocycles. The SMILES string of the molecule is COC1CCC2NCC(CC(=O)O)C2C1. The fraction of sp³-hybridized carbons (Fsp3) is 0.909. The summed E-state index contributed by atoms with van der Waals surface area (Å²) in [5, 5.41) is 12.3. The van der Waals surface area contributed by atoms with Crippen molar-refractivity contribution in [2.45, 2.75) is 37.8 Å². The quantitative estimate of drug-likeness (QED) is 0.730. The Morgan fingerprint density at radius 3 is 3.00 bits per heavy atom. The van der Waals surface area contributed by atoms with Crippen LogP contribution in [-0.2, 0) is 9.53 Å². The lowest BCUT2D eigenvalue weighted by molar-refractivity contribution is -0.138. The van der Waals surface area contributed by atoms with Gasteiger partial charge in [-0.05, 0) is 37.6 Å². The second-order valence-electron chi connectivity index (χ2n) is 4.71. The van der Waals surface area contributed by atoms with Crippen LogP contribution in [0.15, 0.2) is 0 Å². The molecule has 2 fully saturated rings. The van der Waals surface area contributed by atoms with Gasteiger partial charge in [0.15, 0.2) is 0 Å². The van der Waals surface area contributed by atoms with Gasteiger partial charge in [-0.15, -0.1) is 0 Å². The van der Waals surface area contributed by atoms with Crippen LogP contribution < -0.4 is 5.32 Å². The summed E-state index contributed by atoms with van der Waals surface area (Å²) in [6.07, 6.45) is 3.88. The molecule has 0 radical (unpaired) electrons. The maximum atomic E-state index is 10.7. The molecule has 0 aromatic heterocycles. The highest BCUT2D eigenvalue weighted by atomic mass is 16.5. The van der Waals surface area contributed by atoms with Crippen molar-refractivity contribution in [1.82, 2.24) is 5.32 Å². The summed E-state index contributed by atoms with van der Waals surface area (Å²) >= 11 is 0. The molecule has 15 heavy (non-hydrogen) atoms. The van der Waals surface area contributed by atoms with Gasteiger partial charge < -0.3 is 15.2 Å². The number of hydrogen-bond acceptors (Lipinski definition) is 3. The van der Waals surface area contributed by atoms with Gasteiger partial charge in [0.05, 0.1) is 6.10 Å². The van der Waals surface area contributed by atoms with Crippen molar-refractivity contribution in [3.63, 3.8) is 0 Å². The summed E-state index contributed by atoms with van der Waals surface area (Å²) in [7, 11) is 1.75. The van der Waals surface area contributed by atoms with E-state index in [1.165, 1.54) is 0 Å². The molecule has 1 aliphatic carbocycles. The summed E-state index contributed by atoms with van der Waals surface area (Å²) in [4.78, 5) is 10.7. The van der Waals surface area contributed by atoms with E-state index in [1.54, 1.807) is 7.11 Å². The lowest BCUT2D eigenvalue weighted by atomic mass is 9.77. The standard InChI is InChI=1S/C11H19NO3/c1-15-8-2-3-10-9(5-8)7(6-12-10)4-11(13)14/h7-10,12H,2-6H2,1H3,(H,13,14). The molecule has 86 valence electrons. The van der Waals surface area contributed by atoms with Crippen LogP contribution in [0.25, 0.3) is 0 Å². The number of carboxylic acids is 1. The summed E-state index contributed by atoms with van der Waals surface area (Å²) in [5.41, 5.74) is 0.